The lowest BCUT2D eigenvalue weighted by molar-refractivity contribution is -0.116. The molecule has 1 N–H and O–H groups in total. The lowest BCUT2D eigenvalue weighted by atomic mass is 9.95. The third kappa shape index (κ3) is 5.18. The van der Waals surface area contributed by atoms with Gasteiger partial charge in [0.05, 0.1) is 11.4 Å². The molecule has 2 aromatic carbocycles. The van der Waals surface area contributed by atoms with Gasteiger partial charge in [0, 0.05) is 16.8 Å². The predicted octanol–water partition coefficient (Wildman–Crippen LogP) is 4.92. The number of carbonyl (C=O) groups excluding carboxylic acids is 1. The third-order valence-corrected chi connectivity index (χ3v) is 7.77. The van der Waals surface area contributed by atoms with Gasteiger partial charge in [-0.2, -0.15) is 4.31 Å². The number of hydrogen-bond acceptors (Lipinski definition) is 3. The molecular formula is C22H27ClN2O3S. The van der Waals surface area contributed by atoms with Crippen molar-refractivity contribution in [2.24, 2.45) is 0 Å². The van der Waals surface area contributed by atoms with Crippen LogP contribution in [0.25, 0.3) is 0 Å². The van der Waals surface area contributed by atoms with Crippen molar-refractivity contribution in [1.29, 1.82) is 0 Å². The molecule has 7 heteroatoms. The van der Waals surface area contributed by atoms with E-state index in [-0.39, 0.29) is 23.4 Å². The van der Waals surface area contributed by atoms with E-state index in [1.54, 1.807) is 42.5 Å². The van der Waals surface area contributed by atoms with Gasteiger partial charge in [0.15, 0.2) is 0 Å². The minimum absolute atomic E-state index is 0.165. The molecule has 0 saturated heterocycles. The summed E-state index contributed by atoms with van der Waals surface area (Å²) < 4.78 is 28.1. The van der Waals surface area contributed by atoms with Crippen LogP contribution in [0.5, 0.6) is 0 Å². The molecule has 3 rings (SSSR count). The molecule has 0 aliphatic heterocycles. The largest absolute Gasteiger partial charge is 0.325 e. The number of nitrogens with one attached hydrogen (secondary N) is 1. The fourth-order valence-electron chi connectivity index (χ4n) is 3.70. The van der Waals surface area contributed by atoms with Gasteiger partial charge in [-0.15, -0.1) is 0 Å². The summed E-state index contributed by atoms with van der Waals surface area (Å²) in [5.74, 6) is -0.364. The fourth-order valence-corrected chi connectivity index (χ4v) is 5.52. The van der Waals surface area contributed by atoms with Gasteiger partial charge in [-0.3, -0.25) is 4.79 Å². The van der Waals surface area contributed by atoms with Crippen LogP contribution in [-0.2, 0) is 14.8 Å². The van der Waals surface area contributed by atoms with E-state index in [0.29, 0.717) is 10.7 Å². The average Bonchev–Trinajstić information content (AvgIpc) is 2.70. The highest BCUT2D eigenvalue weighted by atomic mass is 35.5. The Bertz CT molecular complexity index is 968. The number of aryl methyl sites for hydroxylation is 1. The maximum Gasteiger partial charge on any atom is 0.243 e. The second-order valence-electron chi connectivity index (χ2n) is 7.62. The fraction of sp³-hybridized carbons (Fsp3) is 0.409. The number of sulfonamides is 1. The zero-order chi connectivity index (χ0) is 21.0. The first-order valence-corrected chi connectivity index (χ1v) is 11.7. The number of amides is 1. The van der Waals surface area contributed by atoms with Crippen LogP contribution in [-0.4, -0.2) is 31.2 Å². The molecule has 0 spiro atoms. The van der Waals surface area contributed by atoms with E-state index in [4.69, 9.17) is 11.6 Å². The van der Waals surface area contributed by atoms with E-state index >= 15 is 0 Å². The van der Waals surface area contributed by atoms with Crippen molar-refractivity contribution in [2.75, 3.05) is 11.9 Å². The monoisotopic (exact) mass is 434 g/mol. The summed E-state index contributed by atoms with van der Waals surface area (Å²) in [7, 11) is -3.78. The van der Waals surface area contributed by atoms with Crippen LogP contribution in [0.3, 0.4) is 0 Å². The Kier molecular flexibility index (Phi) is 6.98. The van der Waals surface area contributed by atoms with E-state index in [1.807, 2.05) is 13.8 Å². The molecule has 0 bridgehead atoms. The highest BCUT2D eigenvalue weighted by Crippen LogP contribution is 2.28. The Morgan fingerprint density at radius 3 is 2.38 bits per heavy atom. The van der Waals surface area contributed by atoms with Crippen molar-refractivity contribution in [1.82, 2.24) is 4.31 Å². The number of halogens is 1. The molecule has 1 saturated carbocycles. The quantitative estimate of drug-likeness (QED) is 0.701. The minimum Gasteiger partial charge on any atom is -0.325 e. The lowest BCUT2D eigenvalue weighted by Crippen LogP contribution is -2.45. The molecule has 0 aromatic heterocycles. The lowest BCUT2D eigenvalue weighted by Gasteiger charge is -2.33. The predicted molar refractivity (Wildman–Crippen MR) is 117 cm³/mol. The van der Waals surface area contributed by atoms with Crippen molar-refractivity contribution in [3.05, 3.63) is 58.6 Å². The first kappa shape index (κ1) is 21.8. The molecule has 1 aliphatic rings. The Morgan fingerprint density at radius 1 is 1.07 bits per heavy atom. The van der Waals surface area contributed by atoms with Crippen LogP contribution < -0.4 is 5.32 Å². The van der Waals surface area contributed by atoms with E-state index < -0.39 is 10.0 Å². The van der Waals surface area contributed by atoms with Crippen molar-refractivity contribution in [3.8, 4) is 0 Å². The topological polar surface area (TPSA) is 66.5 Å². The minimum atomic E-state index is -3.78. The molecule has 29 heavy (non-hydrogen) atoms. The number of hydrogen-bond donors (Lipinski definition) is 1. The van der Waals surface area contributed by atoms with Crippen molar-refractivity contribution >= 4 is 33.2 Å². The Balaban J connectivity index is 1.86. The molecular weight excluding hydrogens is 408 g/mol. The molecule has 0 atom stereocenters. The van der Waals surface area contributed by atoms with Gasteiger partial charge in [0.25, 0.3) is 0 Å². The van der Waals surface area contributed by atoms with Gasteiger partial charge in [-0.1, -0.05) is 54.6 Å². The second kappa shape index (κ2) is 9.28. The Labute approximate surface area is 178 Å². The number of nitrogens with zero attached hydrogens (tertiary/aromatic N) is 1. The zero-order valence-corrected chi connectivity index (χ0v) is 18.4. The van der Waals surface area contributed by atoms with Crippen molar-refractivity contribution in [3.63, 3.8) is 0 Å². The summed E-state index contributed by atoms with van der Waals surface area (Å²) in [4.78, 5) is 13.0. The van der Waals surface area contributed by atoms with Crippen LogP contribution in [0.1, 0.15) is 43.2 Å². The SMILES string of the molecule is Cc1ccc(S(=O)(=O)N(CC(=O)Nc2cccc(Cl)c2C)C2CCCCC2)cc1. The smallest absolute Gasteiger partial charge is 0.243 e. The van der Waals surface area contributed by atoms with Gasteiger partial charge in [0.1, 0.15) is 0 Å². The Morgan fingerprint density at radius 2 is 1.72 bits per heavy atom. The average molecular weight is 435 g/mol. The highest BCUT2D eigenvalue weighted by molar-refractivity contribution is 7.89. The normalized spacial score (nSPS) is 15.4. The zero-order valence-electron chi connectivity index (χ0n) is 16.8. The number of rotatable bonds is 6. The summed E-state index contributed by atoms with van der Waals surface area (Å²) in [6.07, 6.45) is 4.59. The standard InChI is InChI=1S/C22H27ClN2O3S/c1-16-11-13-19(14-12-16)29(27,28)25(18-7-4-3-5-8-18)15-22(26)24-21-10-6-9-20(23)17(21)2/h6,9-14,18H,3-5,7-8,15H2,1-2H3,(H,24,26). The third-order valence-electron chi connectivity index (χ3n) is 5.45. The van der Waals surface area contributed by atoms with Crippen LogP contribution in [0.15, 0.2) is 47.4 Å². The maximum absolute atomic E-state index is 13.4. The number of carbonyl (C=O) groups is 1. The molecule has 1 amide bonds. The summed E-state index contributed by atoms with van der Waals surface area (Å²) in [6, 6.07) is 11.9. The van der Waals surface area contributed by atoms with Crippen molar-refractivity contribution in [2.45, 2.75) is 56.9 Å². The molecule has 0 unspecified atom stereocenters. The summed E-state index contributed by atoms with van der Waals surface area (Å²) >= 11 is 6.13. The van der Waals surface area contributed by atoms with Crippen molar-refractivity contribution < 1.29 is 13.2 Å². The van der Waals surface area contributed by atoms with Crippen LogP contribution in [0.2, 0.25) is 5.02 Å². The Hall–Kier alpha value is -1.89. The second-order valence-corrected chi connectivity index (χ2v) is 9.91. The molecule has 156 valence electrons. The number of anilines is 1. The molecule has 5 nitrogen and oxygen atoms in total. The number of benzene rings is 2. The summed E-state index contributed by atoms with van der Waals surface area (Å²) in [5, 5.41) is 3.38. The van der Waals surface area contributed by atoms with Crippen LogP contribution in [0, 0.1) is 13.8 Å². The van der Waals surface area contributed by atoms with E-state index in [0.717, 1.165) is 43.2 Å². The summed E-state index contributed by atoms with van der Waals surface area (Å²) in [6.45, 7) is 3.52. The first-order valence-electron chi connectivity index (χ1n) is 9.92. The summed E-state index contributed by atoms with van der Waals surface area (Å²) in [5.41, 5.74) is 2.34. The van der Waals surface area contributed by atoms with E-state index in [1.165, 1.54) is 4.31 Å². The van der Waals surface area contributed by atoms with Gasteiger partial charge < -0.3 is 5.32 Å². The maximum atomic E-state index is 13.4. The van der Waals surface area contributed by atoms with Gasteiger partial charge in [-0.25, -0.2) is 8.42 Å². The van der Waals surface area contributed by atoms with Gasteiger partial charge in [-0.05, 0) is 56.5 Å². The van der Waals surface area contributed by atoms with Crippen LogP contribution >= 0.6 is 11.6 Å². The molecule has 0 radical (unpaired) electrons. The molecule has 1 aliphatic carbocycles. The van der Waals surface area contributed by atoms with Gasteiger partial charge >= 0.3 is 0 Å². The van der Waals surface area contributed by atoms with Crippen LogP contribution in [0.4, 0.5) is 5.69 Å². The van der Waals surface area contributed by atoms with E-state index in [2.05, 4.69) is 5.32 Å². The first-order chi connectivity index (χ1) is 13.8. The highest BCUT2D eigenvalue weighted by Gasteiger charge is 2.34. The molecule has 2 aromatic rings. The van der Waals surface area contributed by atoms with Gasteiger partial charge in [0.2, 0.25) is 15.9 Å². The molecule has 1 fully saturated rings. The molecule has 0 heterocycles. The van der Waals surface area contributed by atoms with E-state index in [9.17, 15) is 13.2 Å².